The zero-order valence-corrected chi connectivity index (χ0v) is 10.8. The van der Waals surface area contributed by atoms with Crippen LogP contribution < -0.4 is 5.32 Å². The number of hydrogen-bond donors (Lipinski definition) is 1. The Balaban J connectivity index is 2.28. The summed E-state index contributed by atoms with van der Waals surface area (Å²) in [6, 6.07) is 2.96. The number of nitrogens with one attached hydrogen (secondary N) is 1. The number of methoxy groups -OCH3 is 1. The number of amides is 1. The topological polar surface area (TPSA) is 41.6 Å². The van der Waals surface area contributed by atoms with Crippen LogP contribution >= 0.6 is 0 Å². The van der Waals surface area contributed by atoms with Gasteiger partial charge < -0.3 is 9.64 Å². The average molecular weight is 270 g/mol. The minimum absolute atomic E-state index is 0.120. The molecule has 1 fully saturated rings. The van der Waals surface area contributed by atoms with Crippen molar-refractivity contribution in [1.82, 2.24) is 10.2 Å². The van der Waals surface area contributed by atoms with Gasteiger partial charge in [-0.15, -0.1) is 0 Å². The second kappa shape index (κ2) is 5.63. The van der Waals surface area contributed by atoms with Gasteiger partial charge >= 0.3 is 0 Å². The van der Waals surface area contributed by atoms with E-state index >= 15 is 0 Å². The van der Waals surface area contributed by atoms with Gasteiger partial charge in [-0.1, -0.05) is 0 Å². The summed E-state index contributed by atoms with van der Waals surface area (Å²) in [5.74, 6) is -1.42. The Bertz CT molecular complexity index is 482. The Labute approximate surface area is 110 Å². The highest BCUT2D eigenvalue weighted by Gasteiger charge is 2.37. The number of carbonyl (C=O) groups is 1. The van der Waals surface area contributed by atoms with Crippen LogP contribution in [0.25, 0.3) is 0 Å². The van der Waals surface area contributed by atoms with Gasteiger partial charge in [0.05, 0.1) is 12.6 Å². The number of halogens is 2. The molecule has 1 heterocycles. The third kappa shape index (κ3) is 2.74. The lowest BCUT2D eigenvalue weighted by Crippen LogP contribution is -2.33. The molecular weight excluding hydrogens is 254 g/mol. The van der Waals surface area contributed by atoms with Gasteiger partial charge in [0, 0.05) is 25.3 Å². The largest absolute Gasteiger partial charge is 0.383 e. The molecule has 2 rings (SSSR count). The monoisotopic (exact) mass is 270 g/mol. The van der Waals surface area contributed by atoms with E-state index in [9.17, 15) is 13.6 Å². The molecule has 0 aromatic heterocycles. The zero-order chi connectivity index (χ0) is 14.0. The van der Waals surface area contributed by atoms with Crippen molar-refractivity contribution in [3.63, 3.8) is 0 Å². The fourth-order valence-electron chi connectivity index (χ4n) is 2.18. The molecular formula is C13H16F2N2O2. The molecule has 1 aromatic rings. The average Bonchev–Trinajstić information content (AvgIpc) is 2.63. The van der Waals surface area contributed by atoms with E-state index in [-0.39, 0.29) is 11.5 Å². The normalized spacial score (nSPS) is 23.2. The van der Waals surface area contributed by atoms with Crippen LogP contribution in [0.1, 0.15) is 18.7 Å². The molecule has 2 unspecified atom stereocenters. The Hall–Kier alpha value is -1.53. The maximum Gasteiger partial charge on any atom is 0.241 e. The van der Waals surface area contributed by atoms with E-state index in [1.165, 1.54) is 24.1 Å². The maximum atomic E-state index is 13.8. The van der Waals surface area contributed by atoms with E-state index in [0.29, 0.717) is 13.2 Å². The van der Waals surface area contributed by atoms with E-state index in [2.05, 4.69) is 5.32 Å². The molecule has 1 amide bonds. The van der Waals surface area contributed by atoms with Crippen molar-refractivity contribution in [3.05, 3.63) is 35.4 Å². The molecule has 6 heteroatoms. The highest BCUT2D eigenvalue weighted by atomic mass is 19.1. The minimum atomic E-state index is -0.665. The molecule has 1 saturated heterocycles. The number of benzene rings is 1. The van der Waals surface area contributed by atoms with Gasteiger partial charge in [-0.25, -0.2) is 8.78 Å². The van der Waals surface area contributed by atoms with Gasteiger partial charge in [0.15, 0.2) is 0 Å². The lowest BCUT2D eigenvalue weighted by atomic mass is 10.1. The number of rotatable bonds is 4. The Morgan fingerprint density at radius 3 is 2.79 bits per heavy atom. The van der Waals surface area contributed by atoms with E-state index in [4.69, 9.17) is 4.74 Å². The number of nitrogens with zero attached hydrogens (tertiary/aromatic N) is 1. The summed E-state index contributed by atoms with van der Waals surface area (Å²) in [7, 11) is 1.53. The van der Waals surface area contributed by atoms with Crippen molar-refractivity contribution in [1.29, 1.82) is 0 Å². The van der Waals surface area contributed by atoms with Gasteiger partial charge in [0.2, 0.25) is 5.91 Å². The van der Waals surface area contributed by atoms with Crippen LogP contribution in [0.4, 0.5) is 8.78 Å². The van der Waals surface area contributed by atoms with Crippen molar-refractivity contribution in [2.24, 2.45) is 0 Å². The van der Waals surface area contributed by atoms with Crippen molar-refractivity contribution in [3.8, 4) is 0 Å². The second-order valence-corrected chi connectivity index (χ2v) is 4.48. The van der Waals surface area contributed by atoms with E-state index in [0.717, 1.165) is 6.07 Å². The second-order valence-electron chi connectivity index (χ2n) is 4.48. The first kappa shape index (κ1) is 13.9. The minimum Gasteiger partial charge on any atom is -0.383 e. The number of ether oxygens (including phenoxy) is 1. The molecule has 1 aromatic carbocycles. The summed E-state index contributed by atoms with van der Waals surface area (Å²) in [5, 5.41) is 3.00. The lowest BCUT2D eigenvalue weighted by molar-refractivity contribution is -0.130. The number of hydrogen-bond acceptors (Lipinski definition) is 3. The summed E-state index contributed by atoms with van der Waals surface area (Å²) < 4.78 is 31.7. The molecule has 104 valence electrons. The molecule has 1 aliphatic rings. The third-order valence-electron chi connectivity index (χ3n) is 3.17. The van der Waals surface area contributed by atoms with Crippen LogP contribution in [0.2, 0.25) is 0 Å². The number of carbonyl (C=O) groups excluding carboxylic acids is 1. The first-order valence-electron chi connectivity index (χ1n) is 6.05. The molecule has 4 nitrogen and oxygen atoms in total. The van der Waals surface area contributed by atoms with Gasteiger partial charge in [-0.3, -0.25) is 10.1 Å². The van der Waals surface area contributed by atoms with Gasteiger partial charge in [0.25, 0.3) is 0 Å². The van der Waals surface area contributed by atoms with Gasteiger partial charge in [-0.2, -0.15) is 0 Å². The van der Waals surface area contributed by atoms with E-state index < -0.39 is 23.8 Å². The molecule has 0 saturated carbocycles. The zero-order valence-electron chi connectivity index (χ0n) is 10.8. The van der Waals surface area contributed by atoms with Crippen LogP contribution in [-0.2, 0) is 9.53 Å². The van der Waals surface area contributed by atoms with Gasteiger partial charge in [-0.05, 0) is 19.1 Å². The molecule has 2 atom stereocenters. The van der Waals surface area contributed by atoms with Crippen molar-refractivity contribution >= 4 is 5.91 Å². The summed E-state index contributed by atoms with van der Waals surface area (Å²) in [6.45, 7) is 2.43. The van der Waals surface area contributed by atoms with E-state index in [1.807, 2.05) is 0 Å². The standard InChI is InChI=1S/C13H16F2N2O2/c1-8-13(18)17(5-6-19-2)12(16-8)10-4-3-9(14)7-11(10)15/h3-4,7-8,12,16H,5-6H2,1-2H3. The Morgan fingerprint density at radius 1 is 1.42 bits per heavy atom. The third-order valence-corrected chi connectivity index (χ3v) is 3.17. The van der Waals surface area contributed by atoms with Crippen molar-refractivity contribution in [2.75, 3.05) is 20.3 Å². The van der Waals surface area contributed by atoms with Crippen LogP contribution in [0.15, 0.2) is 18.2 Å². The van der Waals surface area contributed by atoms with Crippen LogP contribution in [0, 0.1) is 11.6 Å². The fraction of sp³-hybridized carbons (Fsp3) is 0.462. The molecule has 0 bridgehead atoms. The highest BCUT2D eigenvalue weighted by Crippen LogP contribution is 2.27. The first-order chi connectivity index (χ1) is 9.04. The smallest absolute Gasteiger partial charge is 0.241 e. The summed E-state index contributed by atoms with van der Waals surface area (Å²) in [6.07, 6.45) is -0.585. The summed E-state index contributed by atoms with van der Waals surface area (Å²) >= 11 is 0. The van der Waals surface area contributed by atoms with Crippen molar-refractivity contribution < 1.29 is 18.3 Å². The molecule has 0 aliphatic carbocycles. The predicted octanol–water partition coefficient (Wildman–Crippen LogP) is 1.43. The fourth-order valence-corrected chi connectivity index (χ4v) is 2.18. The first-order valence-corrected chi connectivity index (χ1v) is 6.05. The Morgan fingerprint density at radius 2 is 2.16 bits per heavy atom. The van der Waals surface area contributed by atoms with Crippen LogP contribution in [-0.4, -0.2) is 37.1 Å². The Kier molecular flexibility index (Phi) is 4.11. The summed E-state index contributed by atoms with van der Waals surface area (Å²) in [5.41, 5.74) is 0.259. The molecule has 0 spiro atoms. The maximum absolute atomic E-state index is 13.8. The lowest BCUT2D eigenvalue weighted by Gasteiger charge is -2.24. The molecule has 19 heavy (non-hydrogen) atoms. The van der Waals surface area contributed by atoms with Crippen LogP contribution in [0.3, 0.4) is 0 Å². The van der Waals surface area contributed by atoms with Crippen LogP contribution in [0.5, 0.6) is 0 Å². The SMILES string of the molecule is COCCN1C(=O)C(C)NC1c1ccc(F)cc1F. The quantitative estimate of drug-likeness (QED) is 0.900. The summed E-state index contributed by atoms with van der Waals surface area (Å²) in [4.78, 5) is 13.5. The highest BCUT2D eigenvalue weighted by molar-refractivity contribution is 5.84. The van der Waals surface area contributed by atoms with Gasteiger partial charge in [0.1, 0.15) is 17.8 Å². The molecule has 1 N–H and O–H groups in total. The molecule has 0 radical (unpaired) electrons. The van der Waals surface area contributed by atoms with E-state index in [1.54, 1.807) is 6.92 Å². The molecule has 1 aliphatic heterocycles. The van der Waals surface area contributed by atoms with Crippen molar-refractivity contribution in [2.45, 2.75) is 19.1 Å². The predicted molar refractivity (Wildman–Crippen MR) is 65.3 cm³/mol.